The van der Waals surface area contributed by atoms with Crippen LogP contribution in [-0.4, -0.2) is 55.8 Å². The van der Waals surface area contributed by atoms with Gasteiger partial charge in [-0.25, -0.2) is 15.8 Å². The first kappa shape index (κ1) is 12.7. The van der Waals surface area contributed by atoms with Crippen LogP contribution in [0.2, 0.25) is 0 Å². The van der Waals surface area contributed by atoms with Crippen molar-refractivity contribution in [2.75, 3.05) is 37.2 Å². The number of hydrogen-bond donors (Lipinski definition) is 3. The van der Waals surface area contributed by atoms with E-state index in [0.29, 0.717) is 25.1 Å². The molecule has 0 unspecified atom stereocenters. The average molecular weight is 277 g/mol. The van der Waals surface area contributed by atoms with Crippen molar-refractivity contribution in [1.29, 1.82) is 0 Å². The summed E-state index contributed by atoms with van der Waals surface area (Å²) in [5.74, 6) is 6.51. The highest BCUT2D eigenvalue weighted by Crippen LogP contribution is 2.09. The summed E-state index contributed by atoms with van der Waals surface area (Å²) >= 11 is 0. The molecule has 10 heteroatoms. The number of aromatic nitrogens is 5. The molecule has 2 aromatic rings. The van der Waals surface area contributed by atoms with Gasteiger partial charge < -0.3 is 4.74 Å². The fourth-order valence-electron chi connectivity index (χ4n) is 1.79. The highest BCUT2D eigenvalue weighted by Gasteiger charge is 2.13. The molecular formula is C10H15N9O. The Bertz CT molecular complexity index is 552. The molecule has 0 aromatic carbocycles. The topological polar surface area (TPSA) is 119 Å². The van der Waals surface area contributed by atoms with Gasteiger partial charge in [-0.3, -0.25) is 15.4 Å². The standard InChI is InChI=1S/C10H15N9O/c11-16-8-13-9(17-19-3-5-20-6-4-19)15-10(14-8)18-2-1-12-7-18/h1-2,7H,3-6,11H2,(H2,13,14,15,16,17). The largest absolute Gasteiger partial charge is 0.379 e. The van der Waals surface area contributed by atoms with Crippen molar-refractivity contribution in [2.24, 2.45) is 5.84 Å². The van der Waals surface area contributed by atoms with E-state index in [2.05, 4.69) is 30.8 Å². The summed E-state index contributed by atoms with van der Waals surface area (Å²) in [5.41, 5.74) is 5.55. The molecule has 10 nitrogen and oxygen atoms in total. The number of nitrogens with one attached hydrogen (secondary N) is 2. The predicted molar refractivity (Wildman–Crippen MR) is 70.8 cm³/mol. The Kier molecular flexibility index (Phi) is 3.67. The Morgan fingerprint density at radius 1 is 1.15 bits per heavy atom. The Morgan fingerprint density at radius 2 is 1.95 bits per heavy atom. The molecule has 0 bridgehead atoms. The van der Waals surface area contributed by atoms with Crippen LogP contribution in [0.1, 0.15) is 0 Å². The molecule has 0 aliphatic carbocycles. The lowest BCUT2D eigenvalue weighted by Gasteiger charge is -2.26. The lowest BCUT2D eigenvalue weighted by molar-refractivity contribution is 0.0492. The monoisotopic (exact) mass is 277 g/mol. The van der Waals surface area contributed by atoms with E-state index in [-0.39, 0.29) is 5.95 Å². The first-order chi connectivity index (χ1) is 9.85. The maximum absolute atomic E-state index is 5.39. The van der Waals surface area contributed by atoms with Crippen molar-refractivity contribution >= 4 is 11.9 Å². The van der Waals surface area contributed by atoms with Crippen LogP contribution in [-0.2, 0) is 4.74 Å². The first-order valence-corrected chi connectivity index (χ1v) is 6.15. The summed E-state index contributed by atoms with van der Waals surface area (Å²) in [6.45, 7) is 2.87. The van der Waals surface area contributed by atoms with Gasteiger partial charge in [0, 0.05) is 25.5 Å². The van der Waals surface area contributed by atoms with Crippen molar-refractivity contribution in [3.8, 4) is 5.95 Å². The number of nitrogens with two attached hydrogens (primary N) is 1. The normalized spacial score (nSPS) is 16.1. The SMILES string of the molecule is NNc1nc(NN2CCOCC2)nc(-n2ccnc2)n1. The molecule has 0 amide bonds. The maximum atomic E-state index is 5.39. The van der Waals surface area contributed by atoms with Crippen LogP contribution in [0.5, 0.6) is 0 Å². The van der Waals surface area contributed by atoms with E-state index in [1.807, 2.05) is 5.01 Å². The lowest BCUT2D eigenvalue weighted by atomic mass is 10.5. The van der Waals surface area contributed by atoms with E-state index < -0.39 is 0 Å². The van der Waals surface area contributed by atoms with Crippen LogP contribution in [0.4, 0.5) is 11.9 Å². The molecular weight excluding hydrogens is 262 g/mol. The Morgan fingerprint density at radius 3 is 2.65 bits per heavy atom. The Balaban J connectivity index is 1.84. The number of anilines is 2. The number of hydrogen-bond acceptors (Lipinski definition) is 9. The molecule has 0 spiro atoms. The quantitative estimate of drug-likeness (QED) is 0.477. The molecule has 106 valence electrons. The molecule has 4 N–H and O–H groups in total. The number of ether oxygens (including phenoxy) is 1. The van der Waals surface area contributed by atoms with Gasteiger partial charge in [-0.15, -0.1) is 0 Å². The zero-order valence-electron chi connectivity index (χ0n) is 10.7. The Labute approximate surface area is 114 Å². The van der Waals surface area contributed by atoms with Crippen LogP contribution >= 0.6 is 0 Å². The summed E-state index contributed by atoms with van der Waals surface area (Å²) in [5, 5.41) is 1.98. The van der Waals surface area contributed by atoms with Gasteiger partial charge in [0.15, 0.2) is 0 Å². The fraction of sp³-hybridized carbons (Fsp3) is 0.400. The molecule has 0 radical (unpaired) electrons. The van der Waals surface area contributed by atoms with Gasteiger partial charge >= 0.3 is 0 Å². The van der Waals surface area contributed by atoms with Gasteiger partial charge in [0.1, 0.15) is 6.33 Å². The van der Waals surface area contributed by atoms with E-state index in [9.17, 15) is 0 Å². The summed E-state index contributed by atoms with van der Waals surface area (Å²) in [6, 6.07) is 0. The minimum Gasteiger partial charge on any atom is -0.379 e. The summed E-state index contributed by atoms with van der Waals surface area (Å²) in [6.07, 6.45) is 5.00. The van der Waals surface area contributed by atoms with E-state index in [4.69, 9.17) is 10.6 Å². The minimum absolute atomic E-state index is 0.277. The molecule has 3 rings (SSSR count). The van der Waals surface area contributed by atoms with Crippen molar-refractivity contribution in [3.05, 3.63) is 18.7 Å². The van der Waals surface area contributed by atoms with Crippen LogP contribution in [0.15, 0.2) is 18.7 Å². The molecule has 3 heterocycles. The number of nitrogens with zero attached hydrogens (tertiary/aromatic N) is 6. The predicted octanol–water partition coefficient (Wildman–Crippen LogP) is -0.998. The number of morpholine rings is 1. The minimum atomic E-state index is 0.277. The van der Waals surface area contributed by atoms with Crippen molar-refractivity contribution in [3.63, 3.8) is 0 Å². The van der Waals surface area contributed by atoms with Gasteiger partial charge in [-0.05, 0) is 0 Å². The van der Waals surface area contributed by atoms with Gasteiger partial charge in [-0.1, -0.05) is 0 Å². The van der Waals surface area contributed by atoms with Crippen molar-refractivity contribution in [2.45, 2.75) is 0 Å². The van der Waals surface area contributed by atoms with Gasteiger partial charge in [0.05, 0.1) is 13.2 Å². The number of nitrogen functional groups attached to an aromatic ring is 1. The summed E-state index contributed by atoms with van der Waals surface area (Å²) in [7, 11) is 0. The molecule has 20 heavy (non-hydrogen) atoms. The number of rotatable bonds is 4. The molecule has 1 aliphatic heterocycles. The van der Waals surface area contributed by atoms with E-state index in [1.165, 1.54) is 0 Å². The molecule has 1 fully saturated rings. The van der Waals surface area contributed by atoms with Gasteiger partial charge in [0.25, 0.3) is 0 Å². The van der Waals surface area contributed by atoms with Gasteiger partial charge in [0.2, 0.25) is 17.8 Å². The van der Waals surface area contributed by atoms with E-state index in [1.54, 1.807) is 23.3 Å². The second-order valence-electron chi connectivity index (χ2n) is 4.11. The van der Waals surface area contributed by atoms with Crippen LogP contribution < -0.4 is 16.7 Å². The second kappa shape index (κ2) is 5.77. The number of hydrazine groups is 2. The first-order valence-electron chi connectivity index (χ1n) is 6.15. The smallest absolute Gasteiger partial charge is 0.244 e. The average Bonchev–Trinajstić information content (AvgIpc) is 3.02. The Hall–Kier alpha value is -2.30. The van der Waals surface area contributed by atoms with Crippen LogP contribution in [0.25, 0.3) is 5.95 Å². The van der Waals surface area contributed by atoms with Crippen molar-refractivity contribution < 1.29 is 4.74 Å². The zero-order valence-corrected chi connectivity index (χ0v) is 10.7. The third-order valence-electron chi connectivity index (χ3n) is 2.76. The maximum Gasteiger partial charge on any atom is 0.244 e. The fourth-order valence-corrected chi connectivity index (χ4v) is 1.79. The lowest BCUT2D eigenvalue weighted by Crippen LogP contribution is -2.40. The third kappa shape index (κ3) is 2.82. The van der Waals surface area contributed by atoms with Crippen LogP contribution in [0, 0.1) is 0 Å². The van der Waals surface area contributed by atoms with Crippen molar-refractivity contribution in [1.82, 2.24) is 29.5 Å². The van der Waals surface area contributed by atoms with Crippen LogP contribution in [0.3, 0.4) is 0 Å². The summed E-state index contributed by atoms with van der Waals surface area (Å²) < 4.78 is 6.96. The molecule has 1 aliphatic rings. The third-order valence-corrected chi connectivity index (χ3v) is 2.76. The molecule has 1 saturated heterocycles. The van der Waals surface area contributed by atoms with E-state index >= 15 is 0 Å². The summed E-state index contributed by atoms with van der Waals surface area (Å²) in [4.78, 5) is 16.6. The molecule has 0 saturated carbocycles. The molecule has 2 aromatic heterocycles. The van der Waals surface area contributed by atoms with Gasteiger partial charge in [-0.2, -0.15) is 15.0 Å². The molecule has 0 atom stereocenters. The highest BCUT2D eigenvalue weighted by molar-refractivity contribution is 5.36. The van der Waals surface area contributed by atoms with E-state index in [0.717, 1.165) is 13.1 Å². The number of imidazole rings is 1. The second-order valence-corrected chi connectivity index (χ2v) is 4.11. The zero-order chi connectivity index (χ0) is 13.8. The highest BCUT2D eigenvalue weighted by atomic mass is 16.5.